The van der Waals surface area contributed by atoms with Crippen LogP contribution >= 0.6 is 0 Å². The zero-order valence-corrected chi connectivity index (χ0v) is 8.60. The van der Waals surface area contributed by atoms with Crippen molar-refractivity contribution in [1.29, 1.82) is 0 Å². The van der Waals surface area contributed by atoms with E-state index in [2.05, 4.69) is 13.2 Å². The third kappa shape index (κ3) is 2.47. The Labute approximate surface area is 89.0 Å². The summed E-state index contributed by atoms with van der Waals surface area (Å²) in [5.74, 6) is -0.435. The molecular formula is C12H13NO2. The van der Waals surface area contributed by atoms with E-state index in [1.807, 2.05) is 6.07 Å². The first-order valence-corrected chi connectivity index (χ1v) is 4.47. The number of carbonyl (C=O) groups is 1. The summed E-state index contributed by atoms with van der Waals surface area (Å²) in [4.78, 5) is 12.7. The van der Waals surface area contributed by atoms with Crippen molar-refractivity contribution < 1.29 is 9.90 Å². The first-order valence-electron chi connectivity index (χ1n) is 4.47. The van der Waals surface area contributed by atoms with E-state index in [-0.39, 0.29) is 17.4 Å². The summed E-state index contributed by atoms with van der Waals surface area (Å²) in [6.45, 7) is 8.36. The molecule has 0 radical (unpaired) electrons. The number of para-hydroxylation sites is 1. The molecular weight excluding hydrogens is 190 g/mol. The Morgan fingerprint density at radius 2 is 1.80 bits per heavy atom. The van der Waals surface area contributed by atoms with Crippen LogP contribution in [0.5, 0.6) is 0 Å². The molecule has 0 heterocycles. The lowest BCUT2D eigenvalue weighted by Crippen LogP contribution is -2.27. The van der Waals surface area contributed by atoms with Gasteiger partial charge in [-0.05, 0) is 12.1 Å². The van der Waals surface area contributed by atoms with Gasteiger partial charge in [-0.15, -0.1) is 0 Å². The van der Waals surface area contributed by atoms with Gasteiger partial charge in [0.25, 0.3) is 0 Å². The Morgan fingerprint density at radius 3 is 2.20 bits per heavy atom. The molecule has 1 rings (SSSR count). The smallest absolute Gasteiger partial charge is 0.228 e. The lowest BCUT2D eigenvalue weighted by molar-refractivity contribution is -0.116. The molecule has 0 saturated carbocycles. The molecule has 0 aliphatic carbocycles. The molecule has 0 spiro atoms. The Kier molecular flexibility index (Phi) is 3.29. The van der Waals surface area contributed by atoms with Crippen LogP contribution in [0.1, 0.15) is 6.92 Å². The average molecular weight is 203 g/mol. The second-order valence-electron chi connectivity index (χ2n) is 3.08. The Bertz CT molecular complexity index is 395. The fourth-order valence-electron chi connectivity index (χ4n) is 1.23. The van der Waals surface area contributed by atoms with Gasteiger partial charge in [0.05, 0.1) is 5.70 Å². The number of benzene rings is 1. The third-order valence-corrected chi connectivity index (χ3v) is 1.93. The van der Waals surface area contributed by atoms with Crippen molar-refractivity contribution in [1.82, 2.24) is 0 Å². The highest BCUT2D eigenvalue weighted by Gasteiger charge is 2.16. The molecule has 0 bridgehead atoms. The molecule has 1 aromatic rings. The number of hydrogen-bond donors (Lipinski definition) is 1. The Morgan fingerprint density at radius 1 is 1.27 bits per heavy atom. The van der Waals surface area contributed by atoms with Gasteiger partial charge in [0.15, 0.2) is 0 Å². The van der Waals surface area contributed by atoms with Crippen molar-refractivity contribution in [3.63, 3.8) is 0 Å². The van der Waals surface area contributed by atoms with Gasteiger partial charge in [-0.2, -0.15) is 0 Å². The number of aliphatic hydroxyl groups is 1. The van der Waals surface area contributed by atoms with Crippen LogP contribution in [0.4, 0.5) is 5.69 Å². The normalized spacial score (nSPS) is 9.40. The van der Waals surface area contributed by atoms with Crippen LogP contribution in [0.15, 0.2) is 54.9 Å². The summed E-state index contributed by atoms with van der Waals surface area (Å²) in [5, 5.41) is 9.21. The van der Waals surface area contributed by atoms with Crippen molar-refractivity contribution in [2.75, 3.05) is 4.90 Å². The molecule has 1 aromatic carbocycles. The number of hydrogen-bond acceptors (Lipinski definition) is 2. The summed E-state index contributed by atoms with van der Waals surface area (Å²) in [7, 11) is 0. The zero-order valence-electron chi connectivity index (χ0n) is 8.60. The van der Waals surface area contributed by atoms with E-state index in [1.165, 1.54) is 11.8 Å². The van der Waals surface area contributed by atoms with E-state index in [0.717, 1.165) is 0 Å². The van der Waals surface area contributed by atoms with Crippen LogP contribution in [0.25, 0.3) is 0 Å². The number of amides is 1. The number of anilines is 1. The minimum absolute atomic E-state index is 0.189. The Hall–Kier alpha value is -2.03. The van der Waals surface area contributed by atoms with Gasteiger partial charge >= 0.3 is 0 Å². The third-order valence-electron chi connectivity index (χ3n) is 1.93. The molecule has 1 amide bonds. The van der Waals surface area contributed by atoms with Crippen molar-refractivity contribution in [2.24, 2.45) is 0 Å². The lowest BCUT2D eigenvalue weighted by Gasteiger charge is -2.22. The molecule has 0 atom stereocenters. The van der Waals surface area contributed by atoms with Crippen molar-refractivity contribution in [3.8, 4) is 0 Å². The largest absolute Gasteiger partial charge is 0.506 e. The summed E-state index contributed by atoms with van der Waals surface area (Å²) in [6, 6.07) is 8.97. The maximum atomic E-state index is 11.4. The molecule has 3 heteroatoms. The van der Waals surface area contributed by atoms with Crippen LogP contribution in [0.2, 0.25) is 0 Å². The van der Waals surface area contributed by atoms with E-state index < -0.39 is 0 Å². The maximum absolute atomic E-state index is 11.4. The topological polar surface area (TPSA) is 40.5 Å². The van der Waals surface area contributed by atoms with Gasteiger partial charge in [-0.1, -0.05) is 31.4 Å². The molecule has 78 valence electrons. The van der Waals surface area contributed by atoms with E-state index in [9.17, 15) is 9.90 Å². The van der Waals surface area contributed by atoms with Gasteiger partial charge in [0, 0.05) is 12.6 Å². The van der Waals surface area contributed by atoms with Gasteiger partial charge in [0.1, 0.15) is 5.76 Å². The second kappa shape index (κ2) is 4.46. The first kappa shape index (κ1) is 11.0. The quantitative estimate of drug-likeness (QED) is 0.606. The van der Waals surface area contributed by atoms with Crippen LogP contribution in [-0.2, 0) is 4.79 Å². The number of rotatable bonds is 3. The molecule has 15 heavy (non-hydrogen) atoms. The number of nitrogens with zero attached hydrogens (tertiary/aromatic N) is 1. The molecule has 0 aliphatic heterocycles. The fraction of sp³-hybridized carbons (Fsp3) is 0.0833. The summed E-state index contributed by atoms with van der Waals surface area (Å²) >= 11 is 0. The van der Waals surface area contributed by atoms with E-state index in [4.69, 9.17) is 0 Å². The van der Waals surface area contributed by atoms with E-state index in [1.54, 1.807) is 24.3 Å². The van der Waals surface area contributed by atoms with Crippen molar-refractivity contribution in [2.45, 2.75) is 6.92 Å². The minimum Gasteiger partial charge on any atom is -0.506 e. The maximum Gasteiger partial charge on any atom is 0.228 e. The molecule has 0 unspecified atom stereocenters. The highest BCUT2D eigenvalue weighted by Crippen LogP contribution is 2.20. The molecule has 0 aliphatic rings. The van der Waals surface area contributed by atoms with Crippen molar-refractivity contribution in [3.05, 3.63) is 54.9 Å². The summed E-state index contributed by atoms with van der Waals surface area (Å²) in [5.41, 5.74) is 0.846. The molecule has 0 fully saturated rings. The fourth-order valence-corrected chi connectivity index (χ4v) is 1.23. The average Bonchev–Trinajstić information content (AvgIpc) is 2.18. The lowest BCUT2D eigenvalue weighted by atomic mass is 10.2. The van der Waals surface area contributed by atoms with Gasteiger partial charge in [0.2, 0.25) is 5.91 Å². The van der Waals surface area contributed by atoms with Crippen LogP contribution < -0.4 is 4.90 Å². The van der Waals surface area contributed by atoms with Crippen molar-refractivity contribution >= 4 is 11.6 Å². The van der Waals surface area contributed by atoms with E-state index >= 15 is 0 Å². The summed E-state index contributed by atoms with van der Waals surface area (Å²) in [6.07, 6.45) is 0. The zero-order chi connectivity index (χ0) is 11.4. The van der Waals surface area contributed by atoms with Crippen LogP contribution in [-0.4, -0.2) is 11.0 Å². The molecule has 1 N–H and O–H groups in total. The monoisotopic (exact) mass is 203 g/mol. The predicted octanol–water partition coefficient (Wildman–Crippen LogP) is 2.62. The van der Waals surface area contributed by atoms with Crippen LogP contribution in [0, 0.1) is 0 Å². The first-order chi connectivity index (χ1) is 7.04. The number of carbonyl (C=O) groups excluding carboxylic acids is 1. The highest BCUT2D eigenvalue weighted by atomic mass is 16.3. The molecule has 0 aromatic heterocycles. The van der Waals surface area contributed by atoms with E-state index in [0.29, 0.717) is 5.69 Å². The number of aliphatic hydroxyl groups excluding tert-OH is 1. The highest BCUT2D eigenvalue weighted by molar-refractivity contribution is 5.95. The van der Waals surface area contributed by atoms with Gasteiger partial charge in [-0.25, -0.2) is 0 Å². The standard InChI is InChI=1S/C12H13NO2/c1-9(10(2)14)13(11(3)15)12-7-5-4-6-8-12/h4-8,14H,1-2H2,3H3. The SMILES string of the molecule is C=C(O)C(=C)N(C(C)=O)c1ccccc1. The minimum atomic E-state index is -0.221. The Balaban J connectivity index is 3.10. The van der Waals surface area contributed by atoms with Gasteiger partial charge in [-0.3, -0.25) is 9.69 Å². The summed E-state index contributed by atoms with van der Waals surface area (Å²) < 4.78 is 0. The predicted molar refractivity (Wildman–Crippen MR) is 60.5 cm³/mol. The second-order valence-corrected chi connectivity index (χ2v) is 3.08. The molecule has 0 saturated heterocycles. The van der Waals surface area contributed by atoms with Crippen LogP contribution in [0.3, 0.4) is 0 Å². The van der Waals surface area contributed by atoms with Gasteiger partial charge < -0.3 is 5.11 Å². The molecule has 3 nitrogen and oxygen atoms in total.